The van der Waals surface area contributed by atoms with E-state index in [-0.39, 0.29) is 22.9 Å². The minimum Gasteiger partial charge on any atom is -0.335 e. The van der Waals surface area contributed by atoms with Gasteiger partial charge in [0.1, 0.15) is 11.4 Å². The molecule has 0 atom stereocenters. The van der Waals surface area contributed by atoms with Crippen LogP contribution in [0.15, 0.2) is 71.5 Å². The summed E-state index contributed by atoms with van der Waals surface area (Å²) in [5.41, 5.74) is 1.41. The van der Waals surface area contributed by atoms with Crippen molar-refractivity contribution in [3.8, 4) is 11.3 Å². The van der Waals surface area contributed by atoms with Gasteiger partial charge in [0, 0.05) is 37.4 Å². The number of aromatic nitrogens is 1. The third-order valence-electron chi connectivity index (χ3n) is 5.15. The van der Waals surface area contributed by atoms with Gasteiger partial charge in [0.05, 0.1) is 0 Å². The molecule has 0 radical (unpaired) electrons. The molecule has 152 valence electrons. The number of piperazine rings is 1. The van der Waals surface area contributed by atoms with Crippen LogP contribution in [0.4, 0.5) is 4.39 Å². The van der Waals surface area contributed by atoms with Crippen LogP contribution in [0.25, 0.3) is 11.3 Å². The van der Waals surface area contributed by atoms with Crippen LogP contribution in [0.1, 0.15) is 20.7 Å². The molecule has 1 aliphatic heterocycles. The highest BCUT2D eigenvalue weighted by Gasteiger charge is 2.27. The summed E-state index contributed by atoms with van der Waals surface area (Å²) in [4.78, 5) is 43.7. The van der Waals surface area contributed by atoms with Gasteiger partial charge in [-0.3, -0.25) is 14.4 Å². The number of halogens is 1. The predicted octanol–water partition coefficient (Wildman–Crippen LogP) is 2.78. The van der Waals surface area contributed by atoms with Crippen LogP contribution in [-0.4, -0.2) is 52.8 Å². The number of nitrogens with one attached hydrogen (secondary N) is 1. The van der Waals surface area contributed by atoms with Crippen LogP contribution in [0.5, 0.6) is 0 Å². The van der Waals surface area contributed by atoms with E-state index in [9.17, 15) is 18.8 Å². The first-order valence-corrected chi connectivity index (χ1v) is 9.66. The number of nitrogens with zero attached hydrogens (tertiary/aromatic N) is 2. The van der Waals surface area contributed by atoms with Crippen molar-refractivity contribution >= 4 is 11.8 Å². The summed E-state index contributed by atoms with van der Waals surface area (Å²) < 4.78 is 13.4. The number of benzene rings is 2. The number of hydrogen-bond donors (Lipinski definition) is 1. The molecule has 1 N–H and O–H groups in total. The number of aromatic amines is 1. The highest BCUT2D eigenvalue weighted by Crippen LogP contribution is 2.16. The molecule has 2 amide bonds. The van der Waals surface area contributed by atoms with E-state index in [2.05, 4.69) is 4.98 Å². The first kappa shape index (κ1) is 19.6. The van der Waals surface area contributed by atoms with Crippen molar-refractivity contribution < 1.29 is 14.0 Å². The second-order valence-electron chi connectivity index (χ2n) is 7.08. The minimum atomic E-state index is -0.465. The summed E-state index contributed by atoms with van der Waals surface area (Å²) in [5.74, 6) is -1.10. The monoisotopic (exact) mass is 405 g/mol. The summed E-state index contributed by atoms with van der Waals surface area (Å²) in [6, 6.07) is 18.2. The van der Waals surface area contributed by atoms with Gasteiger partial charge in [-0.15, -0.1) is 0 Å². The highest BCUT2D eigenvalue weighted by molar-refractivity contribution is 5.96. The maximum atomic E-state index is 13.4. The Labute approximate surface area is 172 Å². The molecular weight excluding hydrogens is 385 g/mol. The van der Waals surface area contributed by atoms with E-state index in [1.54, 1.807) is 21.9 Å². The Morgan fingerprint density at radius 2 is 1.47 bits per heavy atom. The Bertz CT molecular complexity index is 1140. The predicted molar refractivity (Wildman–Crippen MR) is 111 cm³/mol. The van der Waals surface area contributed by atoms with E-state index in [0.29, 0.717) is 31.9 Å². The fourth-order valence-corrected chi connectivity index (χ4v) is 3.52. The molecular formula is C23H20FN3O3. The van der Waals surface area contributed by atoms with E-state index in [0.717, 1.165) is 5.56 Å². The summed E-state index contributed by atoms with van der Waals surface area (Å²) in [7, 11) is 0. The molecule has 6 nitrogen and oxygen atoms in total. The normalized spacial score (nSPS) is 13.9. The van der Waals surface area contributed by atoms with Gasteiger partial charge in [0.15, 0.2) is 0 Å². The van der Waals surface area contributed by atoms with Crippen LogP contribution < -0.4 is 5.56 Å². The molecule has 1 aliphatic rings. The highest BCUT2D eigenvalue weighted by atomic mass is 19.1. The third kappa shape index (κ3) is 4.00. The standard InChI is InChI=1S/C23H20FN3O3/c24-18-8-4-7-17(15-18)22(29)26-11-13-27(14-12-26)23(30)19-9-10-20(25-21(19)28)16-5-2-1-3-6-16/h1-10,15H,11-14H2,(H,25,28). The molecule has 2 aromatic carbocycles. The van der Waals surface area contributed by atoms with Crippen molar-refractivity contribution in [3.05, 3.63) is 94.0 Å². The third-order valence-corrected chi connectivity index (χ3v) is 5.15. The summed E-state index contributed by atoms with van der Waals surface area (Å²) in [5, 5.41) is 0. The van der Waals surface area contributed by atoms with E-state index in [1.807, 2.05) is 30.3 Å². The first-order valence-electron chi connectivity index (χ1n) is 9.66. The number of pyridine rings is 1. The molecule has 7 heteroatoms. The zero-order chi connectivity index (χ0) is 21.1. The molecule has 1 saturated heterocycles. The number of carbonyl (C=O) groups excluding carboxylic acids is 2. The molecule has 0 spiro atoms. The second kappa shape index (κ2) is 8.32. The van der Waals surface area contributed by atoms with Gasteiger partial charge in [0.25, 0.3) is 17.4 Å². The summed E-state index contributed by atoms with van der Waals surface area (Å²) in [6.45, 7) is 1.25. The number of rotatable bonds is 3. The Balaban J connectivity index is 1.43. The van der Waals surface area contributed by atoms with Crippen molar-refractivity contribution in [1.29, 1.82) is 0 Å². The zero-order valence-electron chi connectivity index (χ0n) is 16.2. The lowest BCUT2D eigenvalue weighted by Crippen LogP contribution is -2.51. The summed E-state index contributed by atoms with van der Waals surface area (Å²) in [6.07, 6.45) is 0. The van der Waals surface area contributed by atoms with Crippen LogP contribution >= 0.6 is 0 Å². The lowest BCUT2D eigenvalue weighted by atomic mass is 10.1. The lowest BCUT2D eigenvalue weighted by Gasteiger charge is -2.34. The zero-order valence-corrected chi connectivity index (χ0v) is 16.2. The largest absolute Gasteiger partial charge is 0.335 e. The number of carbonyl (C=O) groups is 2. The number of amides is 2. The van der Waals surface area contributed by atoms with Gasteiger partial charge < -0.3 is 14.8 Å². The SMILES string of the molecule is O=C(c1cccc(F)c1)N1CCN(C(=O)c2ccc(-c3ccccc3)[nH]c2=O)CC1. The Kier molecular flexibility index (Phi) is 5.43. The van der Waals surface area contributed by atoms with Crippen molar-refractivity contribution in [2.24, 2.45) is 0 Å². The average molecular weight is 405 g/mol. The maximum Gasteiger partial charge on any atom is 0.261 e. The molecule has 4 rings (SSSR count). The van der Waals surface area contributed by atoms with Crippen molar-refractivity contribution in [3.63, 3.8) is 0 Å². The lowest BCUT2D eigenvalue weighted by molar-refractivity contribution is 0.0534. The minimum absolute atomic E-state index is 0.0691. The van der Waals surface area contributed by atoms with E-state index in [4.69, 9.17) is 0 Å². The Morgan fingerprint density at radius 3 is 2.10 bits per heavy atom. The first-order chi connectivity index (χ1) is 14.5. The van der Waals surface area contributed by atoms with E-state index >= 15 is 0 Å². The van der Waals surface area contributed by atoms with Gasteiger partial charge in [-0.2, -0.15) is 0 Å². The molecule has 1 fully saturated rings. The van der Waals surface area contributed by atoms with E-state index in [1.165, 1.54) is 24.3 Å². The molecule has 0 aliphatic carbocycles. The topological polar surface area (TPSA) is 73.5 Å². The number of hydrogen-bond acceptors (Lipinski definition) is 3. The van der Waals surface area contributed by atoms with Crippen LogP contribution in [0, 0.1) is 5.82 Å². The van der Waals surface area contributed by atoms with Gasteiger partial charge in [-0.05, 0) is 35.9 Å². The molecule has 1 aromatic heterocycles. The van der Waals surface area contributed by atoms with Gasteiger partial charge in [-0.1, -0.05) is 36.4 Å². The van der Waals surface area contributed by atoms with Gasteiger partial charge in [-0.25, -0.2) is 4.39 Å². The van der Waals surface area contributed by atoms with Crippen molar-refractivity contribution in [1.82, 2.24) is 14.8 Å². The molecule has 0 bridgehead atoms. The van der Waals surface area contributed by atoms with Crippen molar-refractivity contribution in [2.75, 3.05) is 26.2 Å². The van der Waals surface area contributed by atoms with Gasteiger partial charge >= 0.3 is 0 Å². The number of H-pyrrole nitrogens is 1. The second-order valence-corrected chi connectivity index (χ2v) is 7.08. The molecule has 0 unspecified atom stereocenters. The average Bonchev–Trinajstić information content (AvgIpc) is 2.79. The van der Waals surface area contributed by atoms with Crippen molar-refractivity contribution in [2.45, 2.75) is 0 Å². The smallest absolute Gasteiger partial charge is 0.261 e. The summed E-state index contributed by atoms with van der Waals surface area (Å²) >= 11 is 0. The van der Waals surface area contributed by atoms with E-state index < -0.39 is 11.4 Å². The molecule has 3 aromatic rings. The van der Waals surface area contributed by atoms with Gasteiger partial charge in [0.2, 0.25) is 0 Å². The molecule has 30 heavy (non-hydrogen) atoms. The van der Waals surface area contributed by atoms with Crippen LogP contribution in [0.3, 0.4) is 0 Å². The van der Waals surface area contributed by atoms with Crippen LogP contribution in [0.2, 0.25) is 0 Å². The fourth-order valence-electron chi connectivity index (χ4n) is 3.52. The van der Waals surface area contributed by atoms with Crippen LogP contribution in [-0.2, 0) is 0 Å². The molecule has 2 heterocycles. The Hall–Kier alpha value is -3.74. The maximum absolute atomic E-state index is 13.4. The Morgan fingerprint density at radius 1 is 0.800 bits per heavy atom. The fraction of sp³-hybridized carbons (Fsp3) is 0.174. The molecule has 0 saturated carbocycles. The quantitative estimate of drug-likeness (QED) is 0.728.